The average Bonchev–Trinajstić information content (AvgIpc) is 2.78. The van der Waals surface area contributed by atoms with Gasteiger partial charge in [-0.1, -0.05) is 11.6 Å². The summed E-state index contributed by atoms with van der Waals surface area (Å²) in [6.45, 7) is 0. The van der Waals surface area contributed by atoms with Gasteiger partial charge in [0.1, 0.15) is 5.75 Å². The van der Waals surface area contributed by atoms with Crippen molar-refractivity contribution in [1.82, 2.24) is 4.98 Å². The molecule has 3 nitrogen and oxygen atoms in total. The van der Waals surface area contributed by atoms with Gasteiger partial charge >= 0.3 is 0 Å². The number of aromatic nitrogens is 1. The van der Waals surface area contributed by atoms with E-state index >= 15 is 0 Å². The highest BCUT2D eigenvalue weighted by Crippen LogP contribution is 2.31. The van der Waals surface area contributed by atoms with Crippen LogP contribution in [0.2, 0.25) is 5.02 Å². The van der Waals surface area contributed by atoms with Crippen LogP contribution in [0.25, 0.3) is 11.3 Å². The lowest BCUT2D eigenvalue weighted by molar-refractivity contribution is 0.414. The van der Waals surface area contributed by atoms with Gasteiger partial charge in [-0.2, -0.15) is 0 Å². The molecule has 0 amide bonds. The second-order valence-corrected chi connectivity index (χ2v) is 3.77. The summed E-state index contributed by atoms with van der Waals surface area (Å²) in [7, 11) is 1.59. The van der Waals surface area contributed by atoms with Crippen molar-refractivity contribution in [1.29, 1.82) is 0 Å². The number of alkyl halides is 1. The van der Waals surface area contributed by atoms with E-state index in [4.69, 9.17) is 32.4 Å². The van der Waals surface area contributed by atoms with Crippen LogP contribution in [0.3, 0.4) is 0 Å². The highest BCUT2D eigenvalue weighted by molar-refractivity contribution is 6.33. The first kappa shape index (κ1) is 11.3. The Hall–Kier alpha value is -1.19. The van der Waals surface area contributed by atoms with E-state index in [-0.39, 0.29) is 5.88 Å². The molecule has 0 saturated heterocycles. The van der Waals surface area contributed by atoms with Crippen LogP contribution < -0.4 is 4.74 Å². The zero-order valence-corrected chi connectivity index (χ0v) is 10.0. The molecule has 5 heteroatoms. The molecule has 2 aromatic rings. The van der Waals surface area contributed by atoms with Crippen molar-refractivity contribution >= 4 is 23.2 Å². The van der Waals surface area contributed by atoms with E-state index in [1.54, 1.807) is 31.5 Å². The third-order valence-electron chi connectivity index (χ3n) is 2.11. The van der Waals surface area contributed by atoms with E-state index in [9.17, 15) is 0 Å². The number of oxazole rings is 1. The summed E-state index contributed by atoms with van der Waals surface area (Å²) in [6, 6.07) is 5.32. The summed E-state index contributed by atoms with van der Waals surface area (Å²) in [6.07, 6.45) is 1.60. The molecule has 0 saturated carbocycles. The van der Waals surface area contributed by atoms with Crippen LogP contribution in [-0.2, 0) is 5.88 Å². The maximum Gasteiger partial charge on any atom is 0.209 e. The number of hydrogen-bond donors (Lipinski definition) is 0. The molecule has 1 aromatic carbocycles. The van der Waals surface area contributed by atoms with E-state index < -0.39 is 0 Å². The summed E-state index contributed by atoms with van der Waals surface area (Å²) in [4.78, 5) is 4.01. The minimum absolute atomic E-state index is 0.238. The van der Waals surface area contributed by atoms with E-state index in [2.05, 4.69) is 4.98 Å². The van der Waals surface area contributed by atoms with E-state index in [0.717, 1.165) is 5.56 Å². The fourth-order valence-electron chi connectivity index (χ4n) is 1.32. The van der Waals surface area contributed by atoms with Crippen molar-refractivity contribution in [2.24, 2.45) is 0 Å². The highest BCUT2D eigenvalue weighted by atomic mass is 35.5. The number of rotatable bonds is 3. The molecule has 0 N–H and O–H groups in total. The Labute approximate surface area is 103 Å². The molecule has 1 aromatic heterocycles. The molecule has 2 rings (SSSR count). The first-order valence-corrected chi connectivity index (χ1v) is 5.50. The number of methoxy groups -OCH3 is 1. The zero-order chi connectivity index (χ0) is 11.5. The summed E-state index contributed by atoms with van der Waals surface area (Å²) in [5.41, 5.74) is 0.741. The number of hydrogen-bond acceptors (Lipinski definition) is 3. The van der Waals surface area contributed by atoms with Crippen molar-refractivity contribution in [3.05, 3.63) is 35.3 Å². The molecule has 0 atom stereocenters. The summed E-state index contributed by atoms with van der Waals surface area (Å²) in [5.74, 6) is 2.00. The molecular weight excluding hydrogens is 249 g/mol. The third-order valence-corrected chi connectivity index (χ3v) is 2.67. The van der Waals surface area contributed by atoms with Crippen LogP contribution in [-0.4, -0.2) is 12.1 Å². The number of halogens is 2. The molecule has 0 spiro atoms. The molecule has 0 radical (unpaired) electrons. The molecular formula is C11H9Cl2NO2. The van der Waals surface area contributed by atoms with Gasteiger partial charge in [0.05, 0.1) is 24.2 Å². The lowest BCUT2D eigenvalue weighted by Crippen LogP contribution is -1.84. The van der Waals surface area contributed by atoms with Gasteiger partial charge in [-0.3, -0.25) is 0 Å². The second-order valence-electron chi connectivity index (χ2n) is 3.10. The molecule has 0 aliphatic heterocycles. The van der Waals surface area contributed by atoms with Crippen molar-refractivity contribution in [2.45, 2.75) is 5.88 Å². The van der Waals surface area contributed by atoms with E-state index in [1.807, 2.05) is 0 Å². The second kappa shape index (κ2) is 4.76. The van der Waals surface area contributed by atoms with Crippen LogP contribution >= 0.6 is 23.2 Å². The maximum atomic E-state index is 6.06. The Morgan fingerprint density at radius 2 is 2.25 bits per heavy atom. The standard InChI is InChI=1S/C11H9Cl2NO2/c1-15-7-2-3-9(13)8(4-7)10-6-14-11(5-12)16-10/h2-4,6H,5H2,1H3. The van der Waals surface area contributed by atoms with Crippen LogP contribution in [0, 0.1) is 0 Å². The van der Waals surface area contributed by atoms with Gasteiger partial charge in [0.2, 0.25) is 5.89 Å². The van der Waals surface area contributed by atoms with Crippen molar-refractivity contribution in [3.63, 3.8) is 0 Å². The maximum absolute atomic E-state index is 6.06. The fourth-order valence-corrected chi connectivity index (χ4v) is 1.65. The lowest BCUT2D eigenvalue weighted by atomic mass is 10.2. The SMILES string of the molecule is COc1ccc(Cl)c(-c2cnc(CCl)o2)c1. The minimum Gasteiger partial charge on any atom is -0.497 e. The Morgan fingerprint density at radius 3 is 2.88 bits per heavy atom. The number of ether oxygens (including phenoxy) is 1. The minimum atomic E-state index is 0.238. The molecule has 0 unspecified atom stereocenters. The normalized spacial score (nSPS) is 10.4. The zero-order valence-electron chi connectivity index (χ0n) is 8.54. The number of benzene rings is 1. The molecule has 0 aliphatic rings. The quantitative estimate of drug-likeness (QED) is 0.786. The molecule has 84 valence electrons. The first-order chi connectivity index (χ1) is 7.74. The summed E-state index contributed by atoms with van der Waals surface area (Å²) < 4.78 is 10.5. The molecule has 16 heavy (non-hydrogen) atoms. The smallest absolute Gasteiger partial charge is 0.209 e. The molecule has 1 heterocycles. The predicted molar refractivity (Wildman–Crippen MR) is 63.1 cm³/mol. The van der Waals surface area contributed by atoms with E-state index in [1.165, 1.54) is 0 Å². The van der Waals surface area contributed by atoms with Crippen LogP contribution in [0.4, 0.5) is 0 Å². The van der Waals surface area contributed by atoms with Crippen LogP contribution in [0.1, 0.15) is 5.89 Å². The van der Waals surface area contributed by atoms with Gasteiger partial charge in [-0.15, -0.1) is 11.6 Å². The Balaban J connectivity index is 2.45. The van der Waals surface area contributed by atoms with Gasteiger partial charge in [-0.25, -0.2) is 4.98 Å². The Bertz CT molecular complexity index is 496. The van der Waals surface area contributed by atoms with Gasteiger partial charge in [0.25, 0.3) is 0 Å². The largest absolute Gasteiger partial charge is 0.497 e. The van der Waals surface area contributed by atoms with Gasteiger partial charge in [-0.05, 0) is 18.2 Å². The van der Waals surface area contributed by atoms with Crippen molar-refractivity contribution < 1.29 is 9.15 Å². The summed E-state index contributed by atoms with van der Waals surface area (Å²) in [5, 5.41) is 0.582. The molecule has 0 aliphatic carbocycles. The lowest BCUT2D eigenvalue weighted by Gasteiger charge is -2.03. The van der Waals surface area contributed by atoms with Gasteiger partial charge in [0.15, 0.2) is 5.76 Å². The first-order valence-electron chi connectivity index (χ1n) is 4.59. The van der Waals surface area contributed by atoms with E-state index in [0.29, 0.717) is 22.4 Å². The van der Waals surface area contributed by atoms with Crippen molar-refractivity contribution in [3.8, 4) is 17.1 Å². The topological polar surface area (TPSA) is 35.3 Å². The van der Waals surface area contributed by atoms with Crippen LogP contribution in [0.15, 0.2) is 28.8 Å². The number of nitrogens with zero attached hydrogens (tertiary/aromatic N) is 1. The van der Waals surface area contributed by atoms with Crippen molar-refractivity contribution in [2.75, 3.05) is 7.11 Å². The molecule has 0 fully saturated rings. The monoisotopic (exact) mass is 257 g/mol. The average molecular weight is 258 g/mol. The van der Waals surface area contributed by atoms with Crippen LogP contribution in [0.5, 0.6) is 5.75 Å². The summed E-state index contributed by atoms with van der Waals surface area (Å²) >= 11 is 11.7. The van der Waals surface area contributed by atoms with Gasteiger partial charge < -0.3 is 9.15 Å². The highest BCUT2D eigenvalue weighted by Gasteiger charge is 2.10. The predicted octanol–water partition coefficient (Wildman–Crippen LogP) is 3.74. The van der Waals surface area contributed by atoms with Gasteiger partial charge in [0, 0.05) is 5.56 Å². The third kappa shape index (κ3) is 2.15. The Kier molecular flexibility index (Phi) is 3.36. The fraction of sp³-hybridized carbons (Fsp3) is 0.182. The Morgan fingerprint density at radius 1 is 1.44 bits per heavy atom. The molecule has 0 bridgehead atoms.